The molecule has 120 valence electrons. The molecule has 0 bridgehead atoms. The lowest BCUT2D eigenvalue weighted by atomic mass is 10.2. The molecule has 1 rings (SSSR count). The Bertz CT molecular complexity index is 400. The maximum atomic E-state index is 12.6. The van der Waals surface area contributed by atoms with Crippen molar-refractivity contribution in [1.29, 1.82) is 0 Å². The Hall–Kier alpha value is -1.83. The van der Waals surface area contributed by atoms with Gasteiger partial charge in [0, 0.05) is 26.2 Å². The van der Waals surface area contributed by atoms with Gasteiger partial charge in [-0.25, -0.2) is 9.59 Å². The van der Waals surface area contributed by atoms with Gasteiger partial charge in [0.15, 0.2) is 0 Å². The fourth-order valence-electron chi connectivity index (χ4n) is 2.14. The third-order valence-electron chi connectivity index (χ3n) is 3.29. The molecule has 1 heterocycles. The van der Waals surface area contributed by atoms with Gasteiger partial charge in [-0.3, -0.25) is 9.69 Å². The number of likely N-dealkylation sites (N-methyl/N-ethyl adjacent to an activating group) is 1. The first-order chi connectivity index (χ1) is 9.86. The summed E-state index contributed by atoms with van der Waals surface area (Å²) in [6.45, 7) is 3.42. The van der Waals surface area contributed by atoms with E-state index in [1.165, 1.54) is 0 Å². The molecule has 1 aliphatic heterocycles. The number of rotatable bonds is 6. The van der Waals surface area contributed by atoms with Crippen LogP contribution in [0.5, 0.6) is 0 Å². The largest absolute Gasteiger partial charge is 0.480 e. The fourth-order valence-corrected chi connectivity index (χ4v) is 2.14. The molecule has 0 saturated carbocycles. The number of urea groups is 1. The van der Waals surface area contributed by atoms with Gasteiger partial charge >= 0.3 is 12.0 Å². The van der Waals surface area contributed by atoms with Gasteiger partial charge in [-0.15, -0.1) is 0 Å². The number of carboxylic acids is 1. The number of carbonyl (C=O) groups is 3. The molecule has 0 aliphatic carbocycles. The summed E-state index contributed by atoms with van der Waals surface area (Å²) < 4.78 is 0. The first-order valence-electron chi connectivity index (χ1n) is 7.06. The van der Waals surface area contributed by atoms with Crippen molar-refractivity contribution in [2.24, 2.45) is 0 Å². The maximum absolute atomic E-state index is 12.6. The van der Waals surface area contributed by atoms with Crippen LogP contribution in [-0.4, -0.2) is 90.6 Å². The molecule has 2 N–H and O–H groups in total. The topological polar surface area (TPSA) is 93.2 Å². The van der Waals surface area contributed by atoms with E-state index in [9.17, 15) is 19.5 Å². The van der Waals surface area contributed by atoms with Crippen LogP contribution in [-0.2, 0) is 9.59 Å². The van der Waals surface area contributed by atoms with E-state index in [2.05, 4.69) is 5.32 Å². The van der Waals surface area contributed by atoms with Crippen LogP contribution in [0, 0.1) is 0 Å². The smallest absolute Gasteiger partial charge is 0.328 e. The van der Waals surface area contributed by atoms with E-state index in [4.69, 9.17) is 0 Å². The van der Waals surface area contributed by atoms with Gasteiger partial charge in [0.05, 0.1) is 0 Å². The van der Waals surface area contributed by atoms with Crippen molar-refractivity contribution < 1.29 is 19.5 Å². The molecule has 0 radical (unpaired) electrons. The van der Waals surface area contributed by atoms with Crippen molar-refractivity contribution in [3.05, 3.63) is 0 Å². The molecule has 0 spiro atoms. The van der Waals surface area contributed by atoms with E-state index in [1.807, 2.05) is 25.9 Å². The quantitative estimate of drug-likeness (QED) is 0.674. The first kappa shape index (κ1) is 17.2. The van der Waals surface area contributed by atoms with Gasteiger partial charge in [0.25, 0.3) is 0 Å². The second kappa shape index (κ2) is 7.82. The summed E-state index contributed by atoms with van der Waals surface area (Å²) in [6.07, 6.45) is 0.775. The Kier molecular flexibility index (Phi) is 6.41. The predicted octanol–water partition coefficient (Wildman–Crippen LogP) is -0.735. The third kappa shape index (κ3) is 4.89. The number of nitrogens with zero attached hydrogens (tertiary/aromatic N) is 3. The lowest BCUT2D eigenvalue weighted by Gasteiger charge is -2.36. The summed E-state index contributed by atoms with van der Waals surface area (Å²) in [7, 11) is 3.81. The summed E-state index contributed by atoms with van der Waals surface area (Å²) in [6, 6.07) is -1.39. The zero-order chi connectivity index (χ0) is 16.0. The molecule has 1 saturated heterocycles. The van der Waals surface area contributed by atoms with E-state index in [-0.39, 0.29) is 25.0 Å². The van der Waals surface area contributed by atoms with E-state index in [0.29, 0.717) is 19.6 Å². The molecule has 1 unspecified atom stereocenters. The summed E-state index contributed by atoms with van der Waals surface area (Å²) >= 11 is 0. The van der Waals surface area contributed by atoms with E-state index >= 15 is 0 Å². The number of hydrogen-bond donors (Lipinski definition) is 2. The molecule has 1 aliphatic rings. The van der Waals surface area contributed by atoms with Gasteiger partial charge in [0.1, 0.15) is 12.6 Å². The van der Waals surface area contributed by atoms with Crippen molar-refractivity contribution in [1.82, 2.24) is 20.0 Å². The van der Waals surface area contributed by atoms with Crippen LogP contribution < -0.4 is 5.32 Å². The SMILES string of the molecule is CCCN(CCN(C)C)C(=O)N1CC(=O)NCC1C(=O)O. The van der Waals surface area contributed by atoms with E-state index < -0.39 is 12.0 Å². The Labute approximate surface area is 124 Å². The van der Waals surface area contributed by atoms with E-state index in [1.54, 1.807) is 4.90 Å². The average molecular weight is 300 g/mol. The number of hydrogen-bond acceptors (Lipinski definition) is 4. The number of aliphatic carboxylic acids is 1. The van der Waals surface area contributed by atoms with Gasteiger partial charge in [-0.2, -0.15) is 0 Å². The summed E-state index contributed by atoms with van der Waals surface area (Å²) in [5.41, 5.74) is 0. The molecule has 8 heteroatoms. The van der Waals surface area contributed by atoms with Crippen LogP contribution in [0.15, 0.2) is 0 Å². The monoisotopic (exact) mass is 300 g/mol. The lowest BCUT2D eigenvalue weighted by Crippen LogP contribution is -2.62. The van der Waals surface area contributed by atoms with Crippen LogP contribution >= 0.6 is 0 Å². The zero-order valence-corrected chi connectivity index (χ0v) is 12.8. The molecule has 1 fully saturated rings. The predicted molar refractivity (Wildman–Crippen MR) is 77.0 cm³/mol. The van der Waals surface area contributed by atoms with Crippen LogP contribution in [0.25, 0.3) is 0 Å². The van der Waals surface area contributed by atoms with Crippen LogP contribution in [0.1, 0.15) is 13.3 Å². The highest BCUT2D eigenvalue weighted by Crippen LogP contribution is 2.09. The van der Waals surface area contributed by atoms with Crippen LogP contribution in [0.2, 0.25) is 0 Å². The van der Waals surface area contributed by atoms with Crippen molar-refractivity contribution in [2.45, 2.75) is 19.4 Å². The van der Waals surface area contributed by atoms with Crippen molar-refractivity contribution in [3.8, 4) is 0 Å². The number of carboxylic acid groups (broad SMARTS) is 1. The molecule has 8 nitrogen and oxygen atoms in total. The first-order valence-corrected chi connectivity index (χ1v) is 7.06. The van der Waals surface area contributed by atoms with Gasteiger partial charge in [-0.05, 0) is 20.5 Å². The molecule has 0 aromatic rings. The average Bonchev–Trinajstić information content (AvgIpc) is 2.42. The standard InChI is InChI=1S/C13H24N4O4/c1-4-5-16(7-6-15(2)3)13(21)17-9-11(18)14-8-10(17)12(19)20/h10H,4-9H2,1-3H3,(H,14,18)(H,19,20). The highest BCUT2D eigenvalue weighted by atomic mass is 16.4. The normalized spacial score (nSPS) is 18.6. The highest BCUT2D eigenvalue weighted by Gasteiger charge is 2.37. The second-order valence-electron chi connectivity index (χ2n) is 5.36. The molecule has 0 aromatic carbocycles. The highest BCUT2D eigenvalue weighted by molar-refractivity contribution is 5.90. The summed E-state index contributed by atoms with van der Waals surface area (Å²) in [5.74, 6) is -1.43. The lowest BCUT2D eigenvalue weighted by molar-refractivity contribution is -0.144. The minimum absolute atomic E-state index is 0.0481. The number of amides is 3. The molecule has 0 aromatic heterocycles. The Morgan fingerprint density at radius 2 is 2.00 bits per heavy atom. The maximum Gasteiger partial charge on any atom is 0.328 e. The van der Waals surface area contributed by atoms with Crippen molar-refractivity contribution >= 4 is 17.9 Å². The van der Waals surface area contributed by atoms with E-state index in [0.717, 1.165) is 11.3 Å². The summed E-state index contributed by atoms with van der Waals surface area (Å²) in [5, 5.41) is 11.7. The Morgan fingerprint density at radius 3 is 2.52 bits per heavy atom. The third-order valence-corrected chi connectivity index (χ3v) is 3.29. The molecule has 3 amide bonds. The van der Waals surface area contributed by atoms with Crippen molar-refractivity contribution in [3.63, 3.8) is 0 Å². The number of nitrogens with one attached hydrogen (secondary N) is 1. The van der Waals surface area contributed by atoms with Gasteiger partial charge in [0.2, 0.25) is 5.91 Å². The Morgan fingerprint density at radius 1 is 1.33 bits per heavy atom. The molecular formula is C13H24N4O4. The van der Waals surface area contributed by atoms with Gasteiger partial charge < -0.3 is 20.2 Å². The second-order valence-corrected chi connectivity index (χ2v) is 5.36. The fraction of sp³-hybridized carbons (Fsp3) is 0.769. The number of carbonyl (C=O) groups excluding carboxylic acids is 2. The van der Waals surface area contributed by atoms with Crippen LogP contribution in [0.4, 0.5) is 4.79 Å². The minimum atomic E-state index is -1.10. The minimum Gasteiger partial charge on any atom is -0.480 e. The van der Waals surface area contributed by atoms with Gasteiger partial charge in [-0.1, -0.05) is 6.92 Å². The van der Waals surface area contributed by atoms with Crippen LogP contribution in [0.3, 0.4) is 0 Å². The van der Waals surface area contributed by atoms with Crippen molar-refractivity contribution in [2.75, 3.05) is 46.8 Å². The summed E-state index contributed by atoms with van der Waals surface area (Å²) in [4.78, 5) is 40.0. The molecule has 21 heavy (non-hydrogen) atoms. The molecular weight excluding hydrogens is 276 g/mol. The Balaban J connectivity index is 2.82. The zero-order valence-electron chi connectivity index (χ0n) is 12.8. The number of piperazine rings is 1. The molecule has 1 atom stereocenters.